The molecule has 22 heavy (non-hydrogen) atoms. The van der Waals surface area contributed by atoms with E-state index < -0.39 is 0 Å². The molecule has 3 rings (SSSR count). The molecule has 0 saturated carbocycles. The van der Waals surface area contributed by atoms with Gasteiger partial charge < -0.3 is 14.4 Å². The Labute approximate surface area is 128 Å². The van der Waals surface area contributed by atoms with Crippen molar-refractivity contribution < 1.29 is 14.2 Å². The molecule has 0 aliphatic heterocycles. The van der Waals surface area contributed by atoms with Gasteiger partial charge in [0.05, 0.1) is 0 Å². The summed E-state index contributed by atoms with van der Waals surface area (Å²) in [4.78, 5) is 0. The van der Waals surface area contributed by atoms with Crippen LogP contribution in [0.2, 0.25) is 0 Å². The van der Waals surface area contributed by atoms with Gasteiger partial charge in [-0.25, -0.2) is 4.39 Å². The zero-order chi connectivity index (χ0) is 15.7. The van der Waals surface area contributed by atoms with Crippen LogP contribution in [0.3, 0.4) is 0 Å². The molecule has 0 spiro atoms. The monoisotopic (exact) mass is 299 g/mol. The minimum absolute atomic E-state index is 0.160. The second-order valence-corrected chi connectivity index (χ2v) is 5.60. The highest BCUT2D eigenvalue weighted by Gasteiger charge is 2.12. The fraction of sp³-hybridized carbons (Fsp3) is 0.222. The molecular formula is C18H18FNO2. The molecule has 0 amide bonds. The van der Waals surface area contributed by atoms with Gasteiger partial charge in [-0.1, -0.05) is 6.07 Å². The largest absolute Gasteiger partial charge is 0.508 e. The Balaban J connectivity index is 1.94. The summed E-state index contributed by atoms with van der Waals surface area (Å²) in [5.41, 5.74) is 1.91. The van der Waals surface area contributed by atoms with Crippen LogP contribution in [0.25, 0.3) is 10.9 Å². The molecule has 0 saturated heterocycles. The highest BCUT2D eigenvalue weighted by Crippen LogP contribution is 2.27. The number of halogens is 1. The lowest BCUT2D eigenvalue weighted by molar-refractivity contribution is 0.305. The first-order chi connectivity index (χ1) is 10.5. The van der Waals surface area contributed by atoms with Gasteiger partial charge in [-0.2, -0.15) is 0 Å². The lowest BCUT2D eigenvalue weighted by Crippen LogP contribution is -1.98. The number of nitrogens with zero attached hydrogens (tertiary/aromatic N) is 1. The van der Waals surface area contributed by atoms with Gasteiger partial charge in [0.2, 0.25) is 0 Å². The van der Waals surface area contributed by atoms with Crippen LogP contribution in [0.15, 0.2) is 48.7 Å². The van der Waals surface area contributed by atoms with E-state index in [4.69, 9.17) is 4.74 Å². The molecule has 0 aliphatic rings. The summed E-state index contributed by atoms with van der Waals surface area (Å²) in [6.07, 6.45) is 2.00. The van der Waals surface area contributed by atoms with E-state index in [-0.39, 0.29) is 17.6 Å². The quantitative estimate of drug-likeness (QED) is 0.761. The van der Waals surface area contributed by atoms with Crippen LogP contribution >= 0.6 is 0 Å². The summed E-state index contributed by atoms with van der Waals surface area (Å²) >= 11 is 0. The lowest BCUT2D eigenvalue weighted by atomic mass is 10.2. The lowest BCUT2D eigenvalue weighted by Gasteiger charge is -2.08. The number of ether oxygens (including phenoxy) is 1. The maximum absolute atomic E-state index is 13.6. The Kier molecular flexibility index (Phi) is 3.75. The third kappa shape index (κ3) is 2.77. The van der Waals surface area contributed by atoms with Crippen molar-refractivity contribution in [1.29, 1.82) is 0 Å². The van der Waals surface area contributed by atoms with Crippen LogP contribution in [0, 0.1) is 5.82 Å². The van der Waals surface area contributed by atoms with Gasteiger partial charge >= 0.3 is 0 Å². The van der Waals surface area contributed by atoms with E-state index in [2.05, 4.69) is 18.4 Å². The number of phenols is 1. The molecule has 1 N–H and O–H groups in total. The molecule has 0 unspecified atom stereocenters. The first-order valence-electron chi connectivity index (χ1n) is 7.25. The molecule has 1 heterocycles. The molecule has 114 valence electrons. The first-order valence-corrected chi connectivity index (χ1v) is 7.25. The summed E-state index contributed by atoms with van der Waals surface area (Å²) in [6.45, 7) is 4.49. The average molecular weight is 299 g/mol. The summed E-state index contributed by atoms with van der Waals surface area (Å²) < 4.78 is 21.4. The molecule has 0 radical (unpaired) electrons. The number of rotatable bonds is 4. The van der Waals surface area contributed by atoms with Gasteiger partial charge in [-0.3, -0.25) is 0 Å². The highest BCUT2D eigenvalue weighted by atomic mass is 19.1. The summed E-state index contributed by atoms with van der Waals surface area (Å²) in [5, 5.41) is 10.3. The van der Waals surface area contributed by atoms with Gasteiger partial charge in [-0.05, 0) is 44.2 Å². The van der Waals surface area contributed by atoms with Gasteiger partial charge in [-0.15, -0.1) is 0 Å². The van der Waals surface area contributed by atoms with Crippen molar-refractivity contribution in [3.63, 3.8) is 0 Å². The third-order valence-electron chi connectivity index (χ3n) is 3.65. The Morgan fingerprint density at radius 2 is 2.00 bits per heavy atom. The van der Waals surface area contributed by atoms with E-state index in [1.54, 1.807) is 30.3 Å². The van der Waals surface area contributed by atoms with Crippen molar-refractivity contribution in [2.24, 2.45) is 0 Å². The zero-order valence-electron chi connectivity index (χ0n) is 12.6. The topological polar surface area (TPSA) is 34.4 Å². The number of phenolic OH excluding ortho intramolecular Hbond substituents is 1. The van der Waals surface area contributed by atoms with Crippen LogP contribution in [0.4, 0.5) is 4.39 Å². The number of hydrogen-bond donors (Lipinski definition) is 1. The SMILES string of the molecule is CC(C)n1cc(COc2cccc(O)c2)c2cc(F)ccc21. The minimum Gasteiger partial charge on any atom is -0.508 e. The number of hydrogen-bond acceptors (Lipinski definition) is 2. The van der Waals surface area contributed by atoms with Crippen molar-refractivity contribution in [2.75, 3.05) is 0 Å². The molecule has 3 nitrogen and oxygen atoms in total. The van der Waals surface area contributed by atoms with Crippen LogP contribution in [0.1, 0.15) is 25.5 Å². The maximum atomic E-state index is 13.6. The molecule has 2 aromatic carbocycles. The highest BCUT2D eigenvalue weighted by molar-refractivity contribution is 5.84. The molecular weight excluding hydrogens is 281 g/mol. The summed E-state index contributed by atoms with van der Waals surface area (Å²) in [7, 11) is 0. The van der Waals surface area contributed by atoms with E-state index in [9.17, 15) is 9.50 Å². The molecule has 0 aliphatic carbocycles. The standard InChI is InChI=1S/C18H18FNO2/c1-12(2)20-10-13(17-8-14(19)6-7-18(17)20)11-22-16-5-3-4-15(21)9-16/h3-10,12,21H,11H2,1-2H3. The van der Waals surface area contributed by atoms with E-state index in [0.717, 1.165) is 16.5 Å². The Hall–Kier alpha value is -2.49. The molecule has 0 atom stereocenters. The zero-order valence-corrected chi connectivity index (χ0v) is 12.6. The fourth-order valence-corrected chi connectivity index (χ4v) is 2.57. The number of aromatic hydroxyl groups is 1. The Morgan fingerprint density at radius 3 is 2.73 bits per heavy atom. The predicted octanol–water partition coefficient (Wildman–Crippen LogP) is 4.65. The molecule has 0 fully saturated rings. The second-order valence-electron chi connectivity index (χ2n) is 5.60. The van der Waals surface area contributed by atoms with Crippen LogP contribution in [0.5, 0.6) is 11.5 Å². The molecule has 4 heteroatoms. The van der Waals surface area contributed by atoms with E-state index in [1.165, 1.54) is 12.1 Å². The van der Waals surface area contributed by atoms with Gasteiger partial charge in [0.1, 0.15) is 23.9 Å². The van der Waals surface area contributed by atoms with Crippen molar-refractivity contribution in [3.8, 4) is 11.5 Å². The number of aromatic nitrogens is 1. The normalized spacial score (nSPS) is 11.3. The predicted molar refractivity (Wildman–Crippen MR) is 84.7 cm³/mol. The fourth-order valence-electron chi connectivity index (χ4n) is 2.57. The molecule has 3 aromatic rings. The van der Waals surface area contributed by atoms with Crippen LogP contribution in [-0.2, 0) is 6.61 Å². The van der Waals surface area contributed by atoms with Gasteiger partial charge in [0.15, 0.2) is 0 Å². The van der Waals surface area contributed by atoms with Crippen molar-refractivity contribution in [1.82, 2.24) is 4.57 Å². The van der Waals surface area contributed by atoms with Gasteiger partial charge in [0, 0.05) is 34.8 Å². The minimum atomic E-state index is -0.257. The van der Waals surface area contributed by atoms with Crippen molar-refractivity contribution >= 4 is 10.9 Å². The van der Waals surface area contributed by atoms with Crippen molar-refractivity contribution in [3.05, 3.63) is 60.0 Å². The second kappa shape index (κ2) is 5.72. The van der Waals surface area contributed by atoms with E-state index >= 15 is 0 Å². The van der Waals surface area contributed by atoms with Gasteiger partial charge in [0.25, 0.3) is 0 Å². The molecule has 1 aromatic heterocycles. The Morgan fingerprint density at radius 1 is 1.18 bits per heavy atom. The average Bonchev–Trinajstić information content (AvgIpc) is 2.83. The Bertz CT molecular complexity index is 808. The molecule has 0 bridgehead atoms. The summed E-state index contributed by atoms with van der Waals surface area (Å²) in [5.74, 6) is 0.489. The number of fused-ring (bicyclic) bond motifs is 1. The maximum Gasteiger partial charge on any atom is 0.123 e. The first kappa shape index (κ1) is 14.4. The number of benzene rings is 2. The van der Waals surface area contributed by atoms with Crippen LogP contribution < -0.4 is 4.74 Å². The van der Waals surface area contributed by atoms with E-state index in [0.29, 0.717) is 12.4 Å². The van der Waals surface area contributed by atoms with Crippen LogP contribution in [-0.4, -0.2) is 9.67 Å². The third-order valence-corrected chi connectivity index (χ3v) is 3.65. The smallest absolute Gasteiger partial charge is 0.123 e. The van der Waals surface area contributed by atoms with Crippen molar-refractivity contribution in [2.45, 2.75) is 26.5 Å². The summed E-state index contributed by atoms with van der Waals surface area (Å²) in [6, 6.07) is 11.7. The van der Waals surface area contributed by atoms with E-state index in [1.807, 2.05) is 6.20 Å².